The van der Waals surface area contributed by atoms with Crippen LogP contribution >= 0.6 is 22.0 Å². The quantitative estimate of drug-likeness (QED) is 0.176. The van der Waals surface area contributed by atoms with E-state index in [4.69, 9.17) is 14.7 Å². The summed E-state index contributed by atoms with van der Waals surface area (Å²) in [5.41, 5.74) is 0.800. The van der Waals surface area contributed by atoms with E-state index in [2.05, 4.69) is 15.9 Å². The molecule has 5 rings (SSSR count). The molecule has 254 valence electrons. The Labute approximate surface area is 279 Å². The zero-order chi connectivity index (χ0) is 33.6. The molecule has 0 saturated carbocycles. The van der Waals surface area contributed by atoms with Crippen LogP contribution in [0.4, 0.5) is 24.1 Å². The Hall–Kier alpha value is -3.46. The van der Waals surface area contributed by atoms with Gasteiger partial charge in [0.15, 0.2) is 5.13 Å². The number of hydrogen-bond donors (Lipinski definition) is 3. The van der Waals surface area contributed by atoms with Gasteiger partial charge in [-0.3, -0.25) is 0 Å². The van der Waals surface area contributed by atoms with E-state index in [-0.39, 0.29) is 19.0 Å². The second-order valence-corrected chi connectivity index (χ2v) is 14.8. The molecule has 4 aromatic rings. The summed E-state index contributed by atoms with van der Waals surface area (Å²) in [6, 6.07) is 15.5. The average Bonchev–Trinajstić information content (AvgIpc) is 3.70. The molecule has 0 spiro atoms. The van der Waals surface area contributed by atoms with Crippen molar-refractivity contribution in [1.82, 2.24) is 19.7 Å². The number of thiazole rings is 1. The average molecular weight is 691 g/mol. The third kappa shape index (κ3) is 8.53. The Kier molecular flexibility index (Phi) is 11.3. The molecule has 1 aliphatic heterocycles. The number of rotatable bonds is 7. The molecule has 0 aliphatic carbocycles. The van der Waals surface area contributed by atoms with Gasteiger partial charge in [-0.2, -0.15) is 13.2 Å². The first kappa shape index (κ1) is 34.9. The largest absolute Gasteiger partial charge is 0.476 e. The zero-order valence-electron chi connectivity index (χ0n) is 26.7. The molecule has 1 aliphatic rings. The van der Waals surface area contributed by atoms with Crippen molar-refractivity contribution in [2.45, 2.75) is 70.2 Å². The maximum Gasteiger partial charge on any atom is 0.397 e. The fraction of sp³-hybridized carbons (Fsp3) is 0.455. The lowest BCUT2D eigenvalue weighted by molar-refractivity contribution is -0.219. The molecule has 0 fully saturated rings. The number of anilines is 2. The van der Waals surface area contributed by atoms with Crippen molar-refractivity contribution >= 4 is 38.3 Å². The lowest BCUT2D eigenvalue weighted by atomic mass is 9.94. The van der Waals surface area contributed by atoms with Crippen LogP contribution in [0.15, 0.2) is 59.8 Å². The number of nitrogens with zero attached hydrogens (tertiary/aromatic N) is 5. The van der Waals surface area contributed by atoms with Crippen molar-refractivity contribution < 1.29 is 28.1 Å². The van der Waals surface area contributed by atoms with Crippen LogP contribution in [0.3, 0.4) is 0 Å². The van der Waals surface area contributed by atoms with Crippen LogP contribution in [-0.4, -0.2) is 73.9 Å². The summed E-state index contributed by atoms with van der Waals surface area (Å²) in [5, 5.41) is 28.5. The number of nitrogens with one attached hydrogen (secondary N) is 1. The van der Waals surface area contributed by atoms with E-state index in [1.165, 1.54) is 11.3 Å². The van der Waals surface area contributed by atoms with Gasteiger partial charge in [-0.05, 0) is 73.8 Å². The van der Waals surface area contributed by atoms with Gasteiger partial charge in [-0.25, -0.2) is 14.6 Å². The number of aryl methyl sites for hydroxylation is 1. The molecule has 3 aromatic heterocycles. The molecule has 0 radical (unpaired) electrons. The number of fused-ring (bicyclic) bond motifs is 6. The fourth-order valence-corrected chi connectivity index (χ4v) is 7.42. The summed E-state index contributed by atoms with van der Waals surface area (Å²) < 4.78 is 51.0. The van der Waals surface area contributed by atoms with Crippen LogP contribution < -0.4 is 14.4 Å². The Morgan fingerprint density at radius 1 is 1.06 bits per heavy atom. The van der Waals surface area contributed by atoms with E-state index >= 15 is 0 Å². The van der Waals surface area contributed by atoms with Crippen molar-refractivity contribution in [2.24, 2.45) is 5.41 Å². The summed E-state index contributed by atoms with van der Waals surface area (Å²) in [7, 11) is -0.649. The topological polar surface area (TPSA) is 109 Å². The first-order valence-electron chi connectivity index (χ1n) is 15.6. The number of aliphatic hydroxyl groups excluding tert-OH is 2. The van der Waals surface area contributed by atoms with E-state index < -0.39 is 35.0 Å². The van der Waals surface area contributed by atoms with Gasteiger partial charge in [-0.1, -0.05) is 54.5 Å². The normalized spacial score (nSPS) is 17.1. The van der Waals surface area contributed by atoms with Gasteiger partial charge in [0.05, 0.1) is 18.1 Å². The standard InChI is InChI=1S/C33H41F3N6O3S2/c1-4-47-28-16-11-15-26(37-28)41(20-24(44)21-43)18-10-6-5-7-12-23-13-8-9-14-25(23)29-30(46-31(38-29)40-47)42-19-17-27(39-42)45-22-32(2,3)33(34,35)36/h4,8-9,11,13-17,19,24,43-44H,5-7,10,12,18,20-22H2,1-3H3,(H,38,40). The highest BCUT2D eigenvalue weighted by atomic mass is 32.2. The predicted molar refractivity (Wildman–Crippen MR) is 183 cm³/mol. The Morgan fingerprint density at radius 2 is 1.85 bits per heavy atom. The first-order chi connectivity index (χ1) is 22.5. The molecule has 14 heteroatoms. The monoisotopic (exact) mass is 690 g/mol. The van der Waals surface area contributed by atoms with E-state index in [0.29, 0.717) is 22.4 Å². The molecule has 3 N–H and O–H groups in total. The number of halogens is 3. The third-order valence-electron chi connectivity index (χ3n) is 7.96. The molecule has 9 nitrogen and oxygen atoms in total. The number of β-amino-alcohol motifs (C(OH)–C–C–N with tert-alkyl or cyclic N) is 1. The van der Waals surface area contributed by atoms with Gasteiger partial charge in [0, 0.05) is 30.9 Å². The highest BCUT2D eigenvalue weighted by Gasteiger charge is 2.48. The van der Waals surface area contributed by atoms with E-state index in [0.717, 1.165) is 67.9 Å². The summed E-state index contributed by atoms with van der Waals surface area (Å²) in [6.07, 6.45) is 1.12. The summed E-state index contributed by atoms with van der Waals surface area (Å²) in [6.45, 7) is 4.26. The second-order valence-electron chi connectivity index (χ2n) is 12.1. The van der Waals surface area contributed by atoms with Crippen molar-refractivity contribution in [3.8, 4) is 22.1 Å². The molecule has 47 heavy (non-hydrogen) atoms. The van der Waals surface area contributed by atoms with E-state index in [9.17, 15) is 23.4 Å². The number of alkyl halides is 3. The van der Waals surface area contributed by atoms with Crippen molar-refractivity contribution in [2.75, 3.05) is 35.9 Å². The molecular weight excluding hydrogens is 650 g/mol. The lowest BCUT2D eigenvalue weighted by Crippen LogP contribution is -2.37. The Bertz CT molecular complexity index is 1670. The number of aliphatic hydroxyl groups is 2. The van der Waals surface area contributed by atoms with Crippen LogP contribution in [0.25, 0.3) is 16.3 Å². The van der Waals surface area contributed by atoms with E-state index in [1.807, 2.05) is 53.6 Å². The molecule has 2 atom stereocenters. The number of aromatic nitrogens is 4. The van der Waals surface area contributed by atoms with Crippen LogP contribution in [0, 0.1) is 5.41 Å². The van der Waals surface area contributed by atoms with Crippen molar-refractivity contribution in [3.05, 3.63) is 60.3 Å². The molecule has 0 amide bonds. The van der Waals surface area contributed by atoms with Gasteiger partial charge in [0.1, 0.15) is 28.1 Å². The Morgan fingerprint density at radius 3 is 2.62 bits per heavy atom. The smallest absolute Gasteiger partial charge is 0.397 e. The van der Waals surface area contributed by atoms with E-state index in [1.54, 1.807) is 16.9 Å². The summed E-state index contributed by atoms with van der Waals surface area (Å²) in [4.78, 5) is 12.0. The first-order valence-corrected chi connectivity index (χ1v) is 17.7. The number of hydrogen-bond acceptors (Lipinski definition) is 9. The molecule has 4 bridgehead atoms. The van der Waals surface area contributed by atoms with Crippen LogP contribution in [0.5, 0.6) is 5.88 Å². The van der Waals surface area contributed by atoms with Crippen molar-refractivity contribution in [1.29, 1.82) is 0 Å². The molecule has 0 saturated heterocycles. The fourth-order valence-electron chi connectivity index (χ4n) is 5.10. The minimum atomic E-state index is -4.41. The minimum Gasteiger partial charge on any atom is -0.476 e. The van der Waals surface area contributed by atoms with Gasteiger partial charge in [0.25, 0.3) is 0 Å². The number of pyridine rings is 1. The molecule has 2 unspecified atom stereocenters. The van der Waals surface area contributed by atoms with Crippen molar-refractivity contribution in [3.63, 3.8) is 0 Å². The third-order valence-corrected chi connectivity index (χ3v) is 10.6. The lowest BCUT2D eigenvalue weighted by Gasteiger charge is -2.26. The molecule has 1 aromatic carbocycles. The van der Waals surface area contributed by atoms with Gasteiger partial charge in [0.2, 0.25) is 5.88 Å². The van der Waals surface area contributed by atoms with Crippen LogP contribution in [0.2, 0.25) is 0 Å². The highest BCUT2D eigenvalue weighted by Crippen LogP contribution is 2.40. The summed E-state index contributed by atoms with van der Waals surface area (Å²) in [5.74, 6) is 0.823. The number of ether oxygens (including phenoxy) is 1. The Balaban J connectivity index is 1.53. The highest BCUT2D eigenvalue weighted by molar-refractivity contribution is 8.16. The maximum atomic E-state index is 13.4. The SMILES string of the molecule is C/C=S1/Nc2nc(c(-n3ccc(OCC(C)(C)C(F)(F)F)n3)s2)-c2ccccc2CCCCCCN(CC(O)CO)c2cccc1n2. The molecule has 4 heterocycles. The minimum absolute atomic E-state index is 0.0949. The zero-order valence-corrected chi connectivity index (χ0v) is 28.3. The second kappa shape index (κ2) is 15.2. The van der Waals surface area contributed by atoms with Gasteiger partial charge in [-0.15, -0.1) is 5.10 Å². The van der Waals surface area contributed by atoms with Crippen LogP contribution in [-0.2, 0) is 6.42 Å². The maximum absolute atomic E-state index is 13.4. The summed E-state index contributed by atoms with van der Waals surface area (Å²) >= 11 is 1.39. The van der Waals surface area contributed by atoms with Crippen LogP contribution in [0.1, 0.15) is 52.0 Å². The van der Waals surface area contributed by atoms with Gasteiger partial charge >= 0.3 is 6.18 Å². The van der Waals surface area contributed by atoms with Gasteiger partial charge < -0.3 is 24.6 Å². The number of benzene rings is 1. The molecular formula is C33H41F3N6O3S2. The predicted octanol–water partition coefficient (Wildman–Crippen LogP) is 7.11.